The van der Waals surface area contributed by atoms with E-state index in [2.05, 4.69) is 10.3 Å². The largest absolute Gasteiger partial charge is 0.316 e. The van der Waals surface area contributed by atoms with E-state index < -0.39 is 11.6 Å². The number of aromatic nitrogens is 1. The first-order chi connectivity index (χ1) is 8.20. The van der Waals surface area contributed by atoms with E-state index in [-0.39, 0.29) is 0 Å². The highest BCUT2D eigenvalue weighted by Crippen LogP contribution is 2.22. The van der Waals surface area contributed by atoms with Crippen molar-refractivity contribution in [2.45, 2.75) is 6.54 Å². The molecule has 0 fully saturated rings. The van der Waals surface area contributed by atoms with Gasteiger partial charge in [0.1, 0.15) is 11.6 Å². The highest BCUT2D eigenvalue weighted by molar-refractivity contribution is 5.60. The van der Waals surface area contributed by atoms with Gasteiger partial charge >= 0.3 is 0 Å². The Labute approximate surface area is 98.3 Å². The van der Waals surface area contributed by atoms with Gasteiger partial charge in [0.05, 0.1) is 5.69 Å². The third-order valence-electron chi connectivity index (χ3n) is 2.41. The Kier molecular flexibility index (Phi) is 3.44. The van der Waals surface area contributed by atoms with Crippen molar-refractivity contribution in [1.29, 1.82) is 0 Å². The number of pyridine rings is 1. The summed E-state index contributed by atoms with van der Waals surface area (Å²) in [5.74, 6) is -1.18. The SMILES string of the molecule is CNCc1ccnc(-c2ccc(F)cc2F)c1. The fourth-order valence-corrected chi connectivity index (χ4v) is 1.63. The van der Waals surface area contributed by atoms with E-state index in [0.29, 0.717) is 17.8 Å². The molecule has 0 atom stereocenters. The first kappa shape index (κ1) is 11.7. The minimum absolute atomic E-state index is 0.310. The van der Waals surface area contributed by atoms with Gasteiger partial charge < -0.3 is 5.32 Å². The van der Waals surface area contributed by atoms with Crippen LogP contribution in [0, 0.1) is 11.6 Å². The highest BCUT2D eigenvalue weighted by Gasteiger charge is 2.07. The molecule has 2 rings (SSSR count). The fraction of sp³-hybridized carbons (Fsp3) is 0.154. The molecule has 1 aromatic heterocycles. The molecule has 0 aliphatic rings. The summed E-state index contributed by atoms with van der Waals surface area (Å²) >= 11 is 0. The van der Waals surface area contributed by atoms with Crippen molar-refractivity contribution in [3.05, 3.63) is 53.7 Å². The molecule has 0 bridgehead atoms. The Morgan fingerprint density at radius 2 is 2.00 bits per heavy atom. The average molecular weight is 234 g/mol. The lowest BCUT2D eigenvalue weighted by molar-refractivity contribution is 0.585. The smallest absolute Gasteiger partial charge is 0.135 e. The lowest BCUT2D eigenvalue weighted by Crippen LogP contribution is -2.05. The maximum absolute atomic E-state index is 13.6. The number of nitrogens with one attached hydrogen (secondary N) is 1. The molecule has 17 heavy (non-hydrogen) atoms. The molecule has 0 saturated carbocycles. The molecule has 2 nitrogen and oxygen atoms in total. The van der Waals surface area contributed by atoms with Crippen molar-refractivity contribution in [2.24, 2.45) is 0 Å². The Hall–Kier alpha value is -1.81. The van der Waals surface area contributed by atoms with Crippen molar-refractivity contribution in [2.75, 3.05) is 7.05 Å². The molecule has 0 unspecified atom stereocenters. The molecule has 0 saturated heterocycles. The summed E-state index contributed by atoms with van der Waals surface area (Å²) in [5, 5.41) is 3.00. The van der Waals surface area contributed by atoms with E-state index in [1.807, 2.05) is 13.1 Å². The summed E-state index contributed by atoms with van der Waals surface area (Å²) in [7, 11) is 1.83. The summed E-state index contributed by atoms with van der Waals surface area (Å²) in [4.78, 5) is 4.09. The quantitative estimate of drug-likeness (QED) is 0.883. The molecule has 1 N–H and O–H groups in total. The van der Waals surface area contributed by atoms with Crippen molar-refractivity contribution in [3.8, 4) is 11.3 Å². The third kappa shape index (κ3) is 2.65. The van der Waals surface area contributed by atoms with Crippen LogP contribution in [0.5, 0.6) is 0 Å². The van der Waals surface area contributed by atoms with Crippen LogP contribution in [0.2, 0.25) is 0 Å². The van der Waals surface area contributed by atoms with Crippen LogP contribution in [0.25, 0.3) is 11.3 Å². The lowest BCUT2D eigenvalue weighted by atomic mass is 10.1. The second-order valence-corrected chi connectivity index (χ2v) is 3.70. The van der Waals surface area contributed by atoms with Crippen LogP contribution in [0.15, 0.2) is 36.5 Å². The van der Waals surface area contributed by atoms with Gasteiger partial charge in [0.25, 0.3) is 0 Å². The molecule has 0 radical (unpaired) electrons. The average Bonchev–Trinajstić information content (AvgIpc) is 2.29. The second-order valence-electron chi connectivity index (χ2n) is 3.70. The van der Waals surface area contributed by atoms with Gasteiger partial charge in [-0.25, -0.2) is 8.78 Å². The van der Waals surface area contributed by atoms with Gasteiger partial charge in [0.2, 0.25) is 0 Å². The number of rotatable bonds is 3. The van der Waals surface area contributed by atoms with E-state index >= 15 is 0 Å². The first-order valence-electron chi connectivity index (χ1n) is 5.25. The minimum Gasteiger partial charge on any atom is -0.316 e. The topological polar surface area (TPSA) is 24.9 Å². The van der Waals surface area contributed by atoms with E-state index in [0.717, 1.165) is 11.6 Å². The van der Waals surface area contributed by atoms with Crippen LogP contribution in [0.3, 0.4) is 0 Å². The fourth-order valence-electron chi connectivity index (χ4n) is 1.63. The normalized spacial score (nSPS) is 10.5. The Morgan fingerprint density at radius 1 is 1.18 bits per heavy atom. The number of benzene rings is 1. The Morgan fingerprint density at radius 3 is 2.71 bits per heavy atom. The third-order valence-corrected chi connectivity index (χ3v) is 2.41. The minimum atomic E-state index is -0.598. The lowest BCUT2D eigenvalue weighted by Gasteiger charge is -2.05. The van der Waals surface area contributed by atoms with Crippen molar-refractivity contribution in [1.82, 2.24) is 10.3 Å². The van der Waals surface area contributed by atoms with Gasteiger partial charge in [-0.3, -0.25) is 4.98 Å². The van der Waals surface area contributed by atoms with Gasteiger partial charge in [0, 0.05) is 24.4 Å². The van der Waals surface area contributed by atoms with Gasteiger partial charge in [-0.2, -0.15) is 0 Å². The summed E-state index contributed by atoms with van der Waals surface area (Å²) in [5.41, 5.74) is 1.82. The van der Waals surface area contributed by atoms with Crippen LogP contribution < -0.4 is 5.32 Å². The number of hydrogen-bond acceptors (Lipinski definition) is 2. The Balaban J connectivity index is 2.42. The predicted octanol–water partition coefficient (Wildman–Crippen LogP) is 2.75. The maximum Gasteiger partial charge on any atom is 0.135 e. The predicted molar refractivity (Wildman–Crippen MR) is 62.4 cm³/mol. The monoisotopic (exact) mass is 234 g/mol. The van der Waals surface area contributed by atoms with Crippen molar-refractivity contribution >= 4 is 0 Å². The molecular weight excluding hydrogens is 222 g/mol. The molecular formula is C13H12F2N2. The zero-order chi connectivity index (χ0) is 12.3. The summed E-state index contributed by atoms with van der Waals surface area (Å²) in [6.07, 6.45) is 1.62. The van der Waals surface area contributed by atoms with Crippen LogP contribution in [0.1, 0.15) is 5.56 Å². The van der Waals surface area contributed by atoms with E-state index in [1.165, 1.54) is 12.1 Å². The summed E-state index contributed by atoms with van der Waals surface area (Å²) in [6.45, 7) is 0.679. The number of halogens is 2. The molecule has 1 heterocycles. The molecule has 0 aliphatic carbocycles. The summed E-state index contributed by atoms with van der Waals surface area (Å²) in [6, 6.07) is 7.12. The van der Waals surface area contributed by atoms with E-state index in [1.54, 1.807) is 12.3 Å². The van der Waals surface area contributed by atoms with Gasteiger partial charge in [0.15, 0.2) is 0 Å². The van der Waals surface area contributed by atoms with Crippen LogP contribution in [0.4, 0.5) is 8.78 Å². The van der Waals surface area contributed by atoms with Gasteiger partial charge in [-0.15, -0.1) is 0 Å². The van der Waals surface area contributed by atoms with Crippen molar-refractivity contribution in [3.63, 3.8) is 0 Å². The molecule has 4 heteroatoms. The Bertz CT molecular complexity index is 527. The van der Waals surface area contributed by atoms with Crippen LogP contribution >= 0.6 is 0 Å². The highest BCUT2D eigenvalue weighted by atomic mass is 19.1. The maximum atomic E-state index is 13.6. The van der Waals surface area contributed by atoms with Crippen molar-refractivity contribution < 1.29 is 8.78 Å². The molecule has 0 aliphatic heterocycles. The number of hydrogen-bond donors (Lipinski definition) is 1. The molecule has 2 aromatic rings. The molecule has 0 spiro atoms. The molecule has 88 valence electrons. The number of nitrogens with zero attached hydrogens (tertiary/aromatic N) is 1. The summed E-state index contributed by atoms with van der Waals surface area (Å²) < 4.78 is 26.4. The van der Waals surface area contributed by atoms with E-state index in [4.69, 9.17) is 0 Å². The van der Waals surface area contributed by atoms with Gasteiger partial charge in [-0.1, -0.05) is 0 Å². The zero-order valence-corrected chi connectivity index (χ0v) is 9.37. The van der Waals surface area contributed by atoms with Crippen LogP contribution in [-0.4, -0.2) is 12.0 Å². The van der Waals surface area contributed by atoms with Gasteiger partial charge in [-0.05, 0) is 36.9 Å². The molecule has 1 aromatic carbocycles. The second kappa shape index (κ2) is 5.01. The zero-order valence-electron chi connectivity index (χ0n) is 9.37. The molecule has 0 amide bonds. The first-order valence-corrected chi connectivity index (χ1v) is 5.25. The van der Waals surface area contributed by atoms with Crippen LogP contribution in [-0.2, 0) is 6.54 Å². The van der Waals surface area contributed by atoms with E-state index in [9.17, 15) is 8.78 Å². The standard InChI is InChI=1S/C13H12F2N2/c1-16-8-9-4-5-17-13(6-9)11-3-2-10(14)7-12(11)15/h2-7,16H,8H2,1H3.